The second-order valence-electron chi connectivity index (χ2n) is 5.10. The highest BCUT2D eigenvalue weighted by Crippen LogP contribution is 2.17. The van der Waals surface area contributed by atoms with Gasteiger partial charge >= 0.3 is 5.97 Å². The van der Waals surface area contributed by atoms with Gasteiger partial charge in [-0.05, 0) is 37.0 Å². The van der Waals surface area contributed by atoms with Gasteiger partial charge in [0.15, 0.2) is 0 Å². The lowest BCUT2D eigenvalue weighted by Gasteiger charge is -2.16. The molecule has 1 rings (SSSR count). The van der Waals surface area contributed by atoms with Crippen molar-refractivity contribution in [2.24, 2.45) is 5.92 Å². The molecule has 0 saturated heterocycles. The first-order valence-corrected chi connectivity index (χ1v) is 8.05. The number of carbonyl (C=O) groups excluding carboxylic acids is 1. The number of ether oxygens (including phenoxy) is 1. The van der Waals surface area contributed by atoms with Crippen LogP contribution in [0.25, 0.3) is 0 Å². The van der Waals surface area contributed by atoms with Crippen molar-refractivity contribution in [3.63, 3.8) is 0 Å². The average molecular weight is 372 g/mol. The van der Waals surface area contributed by atoms with Gasteiger partial charge in [-0.25, -0.2) is 0 Å². The van der Waals surface area contributed by atoms with Crippen LogP contribution in [0.3, 0.4) is 0 Å². The summed E-state index contributed by atoms with van der Waals surface area (Å²) in [5.74, 6) is -1.08. The summed E-state index contributed by atoms with van der Waals surface area (Å²) in [6.45, 7) is 0.897. The third kappa shape index (κ3) is 7.56. The van der Waals surface area contributed by atoms with Crippen LogP contribution in [0.1, 0.15) is 24.8 Å². The Labute approximate surface area is 139 Å². The Morgan fingerprint density at radius 3 is 2.82 bits per heavy atom. The van der Waals surface area contributed by atoms with Gasteiger partial charge in [0.05, 0.1) is 0 Å². The quantitative estimate of drug-likeness (QED) is 0.619. The van der Waals surface area contributed by atoms with Crippen molar-refractivity contribution in [3.05, 3.63) is 34.3 Å². The summed E-state index contributed by atoms with van der Waals surface area (Å²) in [6.07, 6.45) is 1.77. The maximum absolute atomic E-state index is 12.3. The molecule has 122 valence electrons. The summed E-state index contributed by atoms with van der Waals surface area (Å²) < 4.78 is 6.06. The molecule has 0 spiro atoms. The van der Waals surface area contributed by atoms with E-state index in [4.69, 9.17) is 9.84 Å². The normalized spacial score (nSPS) is 11.9. The Bertz CT molecular complexity index is 493. The van der Waals surface area contributed by atoms with E-state index in [1.807, 2.05) is 24.3 Å². The molecule has 1 amide bonds. The number of halogens is 1. The molecule has 6 heteroatoms. The summed E-state index contributed by atoms with van der Waals surface area (Å²) >= 11 is 3.43. The Hall–Kier alpha value is -1.40. The van der Waals surface area contributed by atoms with Gasteiger partial charge in [0.1, 0.15) is 0 Å². The molecule has 0 aliphatic heterocycles. The number of carboxylic acid groups (broad SMARTS) is 1. The third-order valence-corrected chi connectivity index (χ3v) is 3.77. The molecule has 22 heavy (non-hydrogen) atoms. The van der Waals surface area contributed by atoms with Crippen molar-refractivity contribution in [3.8, 4) is 0 Å². The molecule has 0 fully saturated rings. The molecule has 5 nitrogen and oxygen atoms in total. The number of aliphatic carboxylic acids is 1. The first kappa shape index (κ1) is 18.6. The lowest BCUT2D eigenvalue weighted by molar-refractivity contribution is -0.137. The topological polar surface area (TPSA) is 75.6 Å². The number of carbonyl (C=O) groups is 2. The van der Waals surface area contributed by atoms with Crippen LogP contribution < -0.4 is 5.32 Å². The fraction of sp³-hybridized carbons (Fsp3) is 0.500. The predicted molar refractivity (Wildman–Crippen MR) is 87.7 cm³/mol. The first-order valence-electron chi connectivity index (χ1n) is 7.25. The Morgan fingerprint density at radius 2 is 2.18 bits per heavy atom. The number of hydrogen-bond donors (Lipinski definition) is 2. The lowest BCUT2D eigenvalue weighted by Crippen LogP contribution is -2.33. The van der Waals surface area contributed by atoms with E-state index >= 15 is 0 Å². The van der Waals surface area contributed by atoms with E-state index in [9.17, 15) is 9.59 Å². The van der Waals surface area contributed by atoms with Crippen molar-refractivity contribution < 1.29 is 19.4 Å². The monoisotopic (exact) mass is 371 g/mol. The maximum Gasteiger partial charge on any atom is 0.303 e. The lowest BCUT2D eigenvalue weighted by atomic mass is 9.95. The van der Waals surface area contributed by atoms with Gasteiger partial charge in [0, 0.05) is 37.1 Å². The minimum absolute atomic E-state index is 0.0533. The minimum Gasteiger partial charge on any atom is -0.481 e. The first-order chi connectivity index (χ1) is 10.5. The van der Waals surface area contributed by atoms with Crippen LogP contribution in [-0.4, -0.2) is 37.2 Å². The van der Waals surface area contributed by atoms with Gasteiger partial charge in [-0.1, -0.05) is 28.1 Å². The van der Waals surface area contributed by atoms with Crippen LogP contribution in [-0.2, 0) is 20.7 Å². The Kier molecular flexibility index (Phi) is 8.77. The summed E-state index contributed by atoms with van der Waals surface area (Å²) in [5, 5.41) is 11.4. The standard InChI is InChI=1S/C16H22BrNO4/c1-22-9-7-13(10-12-4-2-5-14(17)11-12)16(21)18-8-3-6-15(19)20/h2,4-5,11,13H,3,6-10H2,1H3,(H,18,21)(H,19,20). The molecule has 1 atom stereocenters. The van der Waals surface area contributed by atoms with Crippen molar-refractivity contribution in [1.29, 1.82) is 0 Å². The number of nitrogens with one attached hydrogen (secondary N) is 1. The maximum atomic E-state index is 12.3. The van der Waals surface area contributed by atoms with Crippen LogP contribution in [0.5, 0.6) is 0 Å². The summed E-state index contributed by atoms with van der Waals surface area (Å²) in [5.41, 5.74) is 1.08. The molecule has 1 aromatic carbocycles. The molecule has 0 aliphatic rings. The Balaban J connectivity index is 2.55. The van der Waals surface area contributed by atoms with Gasteiger partial charge in [-0.3, -0.25) is 9.59 Å². The molecule has 1 unspecified atom stereocenters. The van der Waals surface area contributed by atoms with Crippen molar-refractivity contribution >= 4 is 27.8 Å². The number of rotatable bonds is 10. The van der Waals surface area contributed by atoms with Gasteiger partial charge < -0.3 is 15.2 Å². The number of hydrogen-bond acceptors (Lipinski definition) is 3. The largest absolute Gasteiger partial charge is 0.481 e. The van der Waals surface area contributed by atoms with Crippen LogP contribution in [0.2, 0.25) is 0 Å². The Morgan fingerprint density at radius 1 is 1.41 bits per heavy atom. The SMILES string of the molecule is COCCC(Cc1cccc(Br)c1)C(=O)NCCCC(=O)O. The van der Waals surface area contributed by atoms with E-state index in [0.717, 1.165) is 10.0 Å². The zero-order valence-corrected chi connectivity index (χ0v) is 14.3. The van der Waals surface area contributed by atoms with E-state index in [2.05, 4.69) is 21.2 Å². The van der Waals surface area contributed by atoms with Crippen LogP contribution in [0.4, 0.5) is 0 Å². The van der Waals surface area contributed by atoms with Gasteiger partial charge in [0.2, 0.25) is 5.91 Å². The van der Waals surface area contributed by atoms with Crippen LogP contribution in [0.15, 0.2) is 28.7 Å². The highest BCUT2D eigenvalue weighted by molar-refractivity contribution is 9.10. The van der Waals surface area contributed by atoms with Crippen molar-refractivity contribution in [1.82, 2.24) is 5.32 Å². The van der Waals surface area contributed by atoms with Crippen molar-refractivity contribution in [2.75, 3.05) is 20.3 Å². The smallest absolute Gasteiger partial charge is 0.303 e. The number of methoxy groups -OCH3 is 1. The molecule has 0 aromatic heterocycles. The molecular weight excluding hydrogens is 350 g/mol. The molecule has 0 radical (unpaired) electrons. The molecular formula is C16H22BrNO4. The number of carboxylic acids is 1. The van der Waals surface area contributed by atoms with Gasteiger partial charge in [0.25, 0.3) is 0 Å². The van der Waals surface area contributed by atoms with E-state index in [1.54, 1.807) is 7.11 Å². The molecule has 1 aromatic rings. The van der Waals surface area contributed by atoms with E-state index < -0.39 is 5.97 Å². The third-order valence-electron chi connectivity index (χ3n) is 3.28. The predicted octanol–water partition coefficient (Wildman–Crippen LogP) is 2.63. The van der Waals surface area contributed by atoms with E-state index in [0.29, 0.717) is 32.4 Å². The van der Waals surface area contributed by atoms with E-state index in [-0.39, 0.29) is 18.2 Å². The fourth-order valence-corrected chi connectivity index (χ4v) is 2.58. The molecule has 0 aliphatic carbocycles. The minimum atomic E-state index is -0.848. The number of benzene rings is 1. The zero-order valence-electron chi connectivity index (χ0n) is 12.7. The van der Waals surface area contributed by atoms with E-state index in [1.165, 1.54) is 0 Å². The highest BCUT2D eigenvalue weighted by atomic mass is 79.9. The molecule has 0 heterocycles. The summed E-state index contributed by atoms with van der Waals surface area (Å²) in [4.78, 5) is 22.7. The molecule has 0 saturated carbocycles. The number of amides is 1. The molecule has 0 bridgehead atoms. The van der Waals surface area contributed by atoms with Crippen LogP contribution >= 0.6 is 15.9 Å². The summed E-state index contributed by atoms with van der Waals surface area (Å²) in [6, 6.07) is 7.87. The average Bonchev–Trinajstić information content (AvgIpc) is 2.47. The zero-order chi connectivity index (χ0) is 16.4. The second-order valence-corrected chi connectivity index (χ2v) is 6.02. The van der Waals surface area contributed by atoms with Gasteiger partial charge in [-0.2, -0.15) is 0 Å². The van der Waals surface area contributed by atoms with Crippen molar-refractivity contribution in [2.45, 2.75) is 25.7 Å². The van der Waals surface area contributed by atoms with Crippen LogP contribution in [0, 0.1) is 5.92 Å². The fourth-order valence-electron chi connectivity index (χ4n) is 2.13. The summed E-state index contributed by atoms with van der Waals surface area (Å²) in [7, 11) is 1.61. The van der Waals surface area contributed by atoms with Gasteiger partial charge in [-0.15, -0.1) is 0 Å². The second kappa shape index (κ2) is 10.3. The highest BCUT2D eigenvalue weighted by Gasteiger charge is 2.18. The molecule has 2 N–H and O–H groups in total.